The predicted molar refractivity (Wildman–Crippen MR) is 94.3 cm³/mol. The highest BCUT2D eigenvalue weighted by Gasteiger charge is 2.27. The van der Waals surface area contributed by atoms with Crippen molar-refractivity contribution in [2.24, 2.45) is 0 Å². The Morgan fingerprint density at radius 1 is 1.08 bits per heavy atom. The summed E-state index contributed by atoms with van der Waals surface area (Å²) in [5, 5.41) is 15.5. The second-order valence-corrected chi connectivity index (χ2v) is 6.44. The lowest BCUT2D eigenvalue weighted by atomic mass is 10.0. The molecule has 1 heterocycles. The minimum absolute atomic E-state index is 0.0156. The standard InChI is InChI=1S/C19H24N2O4/c1-12-5-7-15(9-13(12)2)18(23)20-10-17(22)21-11-19(4,24)16-8-6-14(3)25-16/h5-9,24H,10-11H2,1-4H3,(H,20,23)(H,21,22). The van der Waals surface area contributed by atoms with E-state index in [4.69, 9.17) is 4.42 Å². The summed E-state index contributed by atoms with van der Waals surface area (Å²) in [6.45, 7) is 7.05. The first-order chi connectivity index (χ1) is 11.7. The Labute approximate surface area is 147 Å². The third-order valence-electron chi connectivity index (χ3n) is 4.08. The van der Waals surface area contributed by atoms with Crippen LogP contribution in [0.3, 0.4) is 0 Å². The molecule has 0 aliphatic rings. The molecule has 1 aromatic heterocycles. The molecule has 3 N–H and O–H groups in total. The van der Waals surface area contributed by atoms with E-state index in [1.165, 1.54) is 0 Å². The van der Waals surface area contributed by atoms with E-state index in [-0.39, 0.29) is 24.9 Å². The minimum Gasteiger partial charge on any atom is -0.463 e. The first kappa shape index (κ1) is 18.7. The van der Waals surface area contributed by atoms with Crippen LogP contribution in [0.4, 0.5) is 0 Å². The number of furan rings is 1. The summed E-state index contributed by atoms with van der Waals surface area (Å²) in [5.41, 5.74) is 1.31. The van der Waals surface area contributed by atoms with Crippen LogP contribution in [0, 0.1) is 20.8 Å². The Kier molecular flexibility index (Phi) is 5.64. The van der Waals surface area contributed by atoms with Crippen molar-refractivity contribution >= 4 is 11.8 Å². The van der Waals surface area contributed by atoms with Gasteiger partial charge in [-0.05, 0) is 63.1 Å². The molecule has 2 amide bonds. The maximum Gasteiger partial charge on any atom is 0.251 e. The van der Waals surface area contributed by atoms with Crippen LogP contribution >= 0.6 is 0 Å². The maximum absolute atomic E-state index is 12.1. The molecule has 1 unspecified atom stereocenters. The maximum atomic E-state index is 12.1. The normalized spacial score (nSPS) is 13.2. The molecular formula is C19H24N2O4. The van der Waals surface area contributed by atoms with E-state index in [9.17, 15) is 14.7 Å². The van der Waals surface area contributed by atoms with E-state index in [1.807, 2.05) is 19.9 Å². The number of carbonyl (C=O) groups excluding carboxylic acids is 2. The van der Waals surface area contributed by atoms with Gasteiger partial charge in [0.2, 0.25) is 5.91 Å². The number of hydrogen-bond acceptors (Lipinski definition) is 4. The minimum atomic E-state index is -1.32. The summed E-state index contributed by atoms with van der Waals surface area (Å²) < 4.78 is 5.39. The van der Waals surface area contributed by atoms with Gasteiger partial charge in [-0.3, -0.25) is 9.59 Å². The van der Waals surface area contributed by atoms with Gasteiger partial charge in [0.1, 0.15) is 17.1 Å². The lowest BCUT2D eigenvalue weighted by molar-refractivity contribution is -0.121. The Morgan fingerprint density at radius 2 is 1.80 bits per heavy atom. The van der Waals surface area contributed by atoms with E-state index in [2.05, 4.69) is 10.6 Å². The summed E-state index contributed by atoms with van der Waals surface area (Å²) in [7, 11) is 0. The summed E-state index contributed by atoms with van der Waals surface area (Å²) in [6, 6.07) is 8.79. The number of nitrogens with one attached hydrogen (secondary N) is 2. The average molecular weight is 344 g/mol. The van der Waals surface area contributed by atoms with E-state index < -0.39 is 5.60 Å². The molecule has 0 aliphatic carbocycles. The Balaban J connectivity index is 1.84. The van der Waals surface area contributed by atoms with Crippen molar-refractivity contribution in [3.63, 3.8) is 0 Å². The molecule has 0 fully saturated rings. The summed E-state index contributed by atoms with van der Waals surface area (Å²) in [5.74, 6) is 0.360. The van der Waals surface area contributed by atoms with Crippen molar-refractivity contribution in [1.82, 2.24) is 10.6 Å². The highest BCUT2D eigenvalue weighted by Crippen LogP contribution is 2.21. The van der Waals surface area contributed by atoms with E-state index in [0.717, 1.165) is 11.1 Å². The zero-order valence-corrected chi connectivity index (χ0v) is 15.0. The van der Waals surface area contributed by atoms with E-state index in [1.54, 1.807) is 38.1 Å². The molecule has 0 bridgehead atoms. The number of benzene rings is 1. The van der Waals surface area contributed by atoms with Gasteiger partial charge in [0.25, 0.3) is 5.91 Å². The second kappa shape index (κ2) is 7.53. The molecular weight excluding hydrogens is 320 g/mol. The Hall–Kier alpha value is -2.60. The number of carbonyl (C=O) groups is 2. The third-order valence-corrected chi connectivity index (χ3v) is 4.08. The SMILES string of the molecule is Cc1ccc(C(C)(O)CNC(=O)CNC(=O)c2ccc(C)c(C)c2)o1. The number of aryl methyl sites for hydroxylation is 3. The quantitative estimate of drug-likeness (QED) is 0.747. The molecule has 134 valence electrons. The smallest absolute Gasteiger partial charge is 0.251 e. The molecule has 1 atom stereocenters. The van der Waals surface area contributed by atoms with Crippen LogP contribution in [0.15, 0.2) is 34.7 Å². The zero-order chi connectivity index (χ0) is 18.6. The van der Waals surface area contributed by atoms with Crippen LogP contribution in [0.1, 0.15) is 39.9 Å². The molecule has 0 radical (unpaired) electrons. The van der Waals surface area contributed by atoms with Gasteiger partial charge < -0.3 is 20.2 Å². The molecule has 2 rings (SSSR count). The largest absolute Gasteiger partial charge is 0.463 e. The highest BCUT2D eigenvalue weighted by atomic mass is 16.4. The molecule has 2 aromatic rings. The van der Waals surface area contributed by atoms with Crippen LogP contribution in [0.25, 0.3) is 0 Å². The average Bonchev–Trinajstić information content (AvgIpc) is 3.00. The number of amides is 2. The van der Waals surface area contributed by atoms with Crippen LogP contribution in [-0.4, -0.2) is 30.0 Å². The van der Waals surface area contributed by atoms with Gasteiger partial charge in [0, 0.05) is 5.56 Å². The van der Waals surface area contributed by atoms with Crippen molar-refractivity contribution in [2.75, 3.05) is 13.1 Å². The fourth-order valence-electron chi connectivity index (χ4n) is 2.29. The zero-order valence-electron chi connectivity index (χ0n) is 15.0. The molecule has 0 aliphatic heterocycles. The topological polar surface area (TPSA) is 91.6 Å². The molecule has 0 saturated carbocycles. The monoisotopic (exact) mass is 344 g/mol. The van der Waals surface area contributed by atoms with Crippen molar-refractivity contribution in [3.8, 4) is 0 Å². The fourth-order valence-corrected chi connectivity index (χ4v) is 2.29. The van der Waals surface area contributed by atoms with E-state index in [0.29, 0.717) is 17.1 Å². The molecule has 1 aromatic carbocycles. The molecule has 6 heteroatoms. The predicted octanol–water partition coefficient (Wildman–Crippen LogP) is 1.96. The van der Waals surface area contributed by atoms with Gasteiger partial charge in [0.15, 0.2) is 0 Å². The van der Waals surface area contributed by atoms with Crippen molar-refractivity contribution in [1.29, 1.82) is 0 Å². The van der Waals surface area contributed by atoms with Crippen LogP contribution in [0.2, 0.25) is 0 Å². The fraction of sp³-hybridized carbons (Fsp3) is 0.368. The number of hydrogen-bond donors (Lipinski definition) is 3. The molecule has 0 saturated heterocycles. The van der Waals surface area contributed by atoms with Crippen LogP contribution < -0.4 is 10.6 Å². The lowest BCUT2D eigenvalue weighted by Gasteiger charge is -2.21. The summed E-state index contributed by atoms with van der Waals surface area (Å²) in [6.07, 6.45) is 0. The van der Waals surface area contributed by atoms with Gasteiger partial charge in [-0.25, -0.2) is 0 Å². The first-order valence-corrected chi connectivity index (χ1v) is 8.10. The molecule has 0 spiro atoms. The van der Waals surface area contributed by atoms with Gasteiger partial charge in [-0.15, -0.1) is 0 Å². The second-order valence-electron chi connectivity index (χ2n) is 6.44. The Morgan fingerprint density at radius 3 is 2.40 bits per heavy atom. The number of rotatable bonds is 6. The van der Waals surface area contributed by atoms with Crippen molar-refractivity contribution in [2.45, 2.75) is 33.3 Å². The Bertz CT molecular complexity index is 777. The van der Waals surface area contributed by atoms with Gasteiger partial charge in [-0.1, -0.05) is 6.07 Å². The van der Waals surface area contributed by atoms with Crippen molar-refractivity contribution in [3.05, 3.63) is 58.5 Å². The van der Waals surface area contributed by atoms with Gasteiger partial charge in [-0.2, -0.15) is 0 Å². The van der Waals surface area contributed by atoms with Gasteiger partial charge >= 0.3 is 0 Å². The highest BCUT2D eigenvalue weighted by molar-refractivity contribution is 5.96. The van der Waals surface area contributed by atoms with Crippen LogP contribution in [-0.2, 0) is 10.4 Å². The number of aliphatic hydroxyl groups is 1. The first-order valence-electron chi connectivity index (χ1n) is 8.10. The molecule has 25 heavy (non-hydrogen) atoms. The summed E-state index contributed by atoms with van der Waals surface area (Å²) in [4.78, 5) is 24.0. The van der Waals surface area contributed by atoms with Crippen LogP contribution in [0.5, 0.6) is 0 Å². The van der Waals surface area contributed by atoms with Crippen molar-refractivity contribution < 1.29 is 19.1 Å². The van der Waals surface area contributed by atoms with Gasteiger partial charge in [0.05, 0.1) is 13.1 Å². The summed E-state index contributed by atoms with van der Waals surface area (Å²) >= 11 is 0. The lowest BCUT2D eigenvalue weighted by Crippen LogP contribution is -2.43. The third kappa shape index (κ3) is 4.93. The van der Waals surface area contributed by atoms with E-state index >= 15 is 0 Å². The molecule has 6 nitrogen and oxygen atoms in total.